The summed E-state index contributed by atoms with van der Waals surface area (Å²) in [7, 11) is 1.64. The molecule has 1 aliphatic rings. The van der Waals surface area contributed by atoms with Crippen molar-refractivity contribution in [3.05, 3.63) is 42.4 Å². The van der Waals surface area contributed by atoms with Gasteiger partial charge in [0.1, 0.15) is 6.34 Å². The van der Waals surface area contributed by atoms with E-state index in [2.05, 4.69) is 19.5 Å². The number of carbonyl (C=O) groups excluding carboxylic acids is 1. The number of aromatic nitrogens is 2. The molecule has 0 unspecified atom stereocenters. The van der Waals surface area contributed by atoms with E-state index in [-0.39, 0.29) is 0 Å². The minimum absolute atomic E-state index is 0.300. The molecule has 0 saturated carbocycles. The summed E-state index contributed by atoms with van der Waals surface area (Å²) in [5.41, 5.74) is 6.69. The van der Waals surface area contributed by atoms with Crippen LogP contribution in [-0.2, 0) is 4.79 Å². The van der Waals surface area contributed by atoms with E-state index < -0.39 is 0 Å². The first-order chi connectivity index (χ1) is 12.7. The molecule has 1 aliphatic heterocycles. The minimum Gasteiger partial charge on any atom is -0.434 e. The first-order valence-corrected chi connectivity index (χ1v) is 8.45. The second-order valence-corrected chi connectivity index (χ2v) is 6.02. The molecule has 2 N–H and O–H groups in total. The van der Waals surface area contributed by atoms with Gasteiger partial charge < -0.3 is 19.9 Å². The van der Waals surface area contributed by atoms with Crippen molar-refractivity contribution in [3.63, 3.8) is 0 Å². The summed E-state index contributed by atoms with van der Waals surface area (Å²) in [4.78, 5) is 24.9. The van der Waals surface area contributed by atoms with E-state index in [4.69, 9.17) is 10.5 Å². The number of hydrogen-bond acceptors (Lipinski definition) is 5. The molecule has 0 atom stereocenters. The minimum atomic E-state index is 0.300. The molecule has 0 radical (unpaired) electrons. The zero-order valence-corrected chi connectivity index (χ0v) is 14.7. The molecule has 1 fully saturated rings. The fourth-order valence-electron chi connectivity index (χ4n) is 2.92. The molecular weight excluding hydrogens is 332 g/mol. The Morgan fingerprint density at radius 3 is 2.88 bits per heavy atom. The highest BCUT2D eigenvalue weighted by Crippen LogP contribution is 2.24. The van der Waals surface area contributed by atoms with Crippen molar-refractivity contribution in [2.45, 2.75) is 18.9 Å². The molecule has 1 saturated heterocycles. The summed E-state index contributed by atoms with van der Waals surface area (Å²) >= 11 is 0. The average molecular weight is 354 g/mol. The van der Waals surface area contributed by atoms with E-state index in [0.717, 1.165) is 37.9 Å². The number of amides is 1. The molecule has 1 amide bonds. The number of likely N-dealkylation sites (tertiary alicyclic amines) is 1. The van der Waals surface area contributed by atoms with Gasteiger partial charge in [-0.3, -0.25) is 9.79 Å². The molecule has 3 rings (SSSR count). The number of nitrogen functional groups attached to an aromatic ring is 1. The molecule has 2 aromatic rings. The Labute approximate surface area is 152 Å². The van der Waals surface area contributed by atoms with Crippen LogP contribution in [0.1, 0.15) is 24.4 Å². The van der Waals surface area contributed by atoms with Crippen LogP contribution in [0.2, 0.25) is 0 Å². The number of nitrogens with two attached hydrogens (primary N) is 1. The van der Waals surface area contributed by atoms with E-state index in [1.165, 1.54) is 6.34 Å². The maximum absolute atomic E-state index is 10.9. The highest BCUT2D eigenvalue weighted by Gasteiger charge is 2.20. The van der Waals surface area contributed by atoms with Crippen molar-refractivity contribution in [2.24, 2.45) is 9.98 Å². The maximum atomic E-state index is 10.9. The third-order valence-corrected chi connectivity index (χ3v) is 4.33. The Balaban J connectivity index is 1.79. The van der Waals surface area contributed by atoms with Crippen molar-refractivity contribution in [2.75, 3.05) is 25.9 Å². The van der Waals surface area contributed by atoms with Gasteiger partial charge in [0.25, 0.3) is 0 Å². The lowest BCUT2D eigenvalue weighted by atomic mass is 10.1. The molecule has 26 heavy (non-hydrogen) atoms. The second-order valence-electron chi connectivity index (χ2n) is 6.02. The largest absolute Gasteiger partial charge is 0.434 e. The molecule has 8 nitrogen and oxygen atoms in total. The van der Waals surface area contributed by atoms with Crippen LogP contribution >= 0.6 is 0 Å². The van der Waals surface area contributed by atoms with E-state index in [0.29, 0.717) is 23.5 Å². The highest BCUT2D eigenvalue weighted by molar-refractivity contribution is 5.99. The molecular formula is C18H22N6O2. The number of piperidine rings is 1. The molecule has 2 aromatic heterocycles. The second kappa shape index (κ2) is 8.28. The number of ether oxygens (including phenoxy) is 1. The van der Waals surface area contributed by atoms with Crippen LogP contribution in [0, 0.1) is 0 Å². The fraction of sp³-hybridized carbons (Fsp3) is 0.333. The van der Waals surface area contributed by atoms with Crippen LogP contribution in [-0.4, -0.2) is 53.2 Å². The summed E-state index contributed by atoms with van der Waals surface area (Å²) in [6, 6.07) is 5.79. The van der Waals surface area contributed by atoms with Gasteiger partial charge in [-0.2, -0.15) is 0 Å². The molecule has 136 valence electrons. The molecule has 0 aliphatic carbocycles. The topological polar surface area (TPSA) is 98.1 Å². The Morgan fingerprint density at radius 2 is 2.19 bits per heavy atom. The maximum Gasteiger partial charge on any atom is 0.229 e. The Morgan fingerprint density at radius 1 is 1.38 bits per heavy atom. The van der Waals surface area contributed by atoms with E-state index >= 15 is 0 Å². The number of hydrogen-bond donors (Lipinski definition) is 1. The van der Waals surface area contributed by atoms with Crippen molar-refractivity contribution in [1.29, 1.82) is 0 Å². The molecule has 0 spiro atoms. The van der Waals surface area contributed by atoms with Gasteiger partial charge in [-0.05, 0) is 31.0 Å². The van der Waals surface area contributed by atoms with Gasteiger partial charge in [0, 0.05) is 44.8 Å². The molecule has 8 heteroatoms. The van der Waals surface area contributed by atoms with Crippen molar-refractivity contribution in [3.8, 4) is 5.75 Å². The number of nitrogens with zero attached hydrogens (tertiary/aromatic N) is 5. The lowest BCUT2D eigenvalue weighted by Gasteiger charge is -2.30. The monoisotopic (exact) mass is 354 g/mol. The predicted octanol–water partition coefficient (Wildman–Crippen LogP) is 1.74. The molecule has 0 bridgehead atoms. The summed E-state index contributed by atoms with van der Waals surface area (Å²) in [6.07, 6.45) is 9.80. The van der Waals surface area contributed by atoms with Crippen LogP contribution in [0.5, 0.6) is 5.75 Å². The van der Waals surface area contributed by atoms with E-state index in [1.807, 2.05) is 18.5 Å². The first kappa shape index (κ1) is 17.7. The smallest absolute Gasteiger partial charge is 0.229 e. The number of rotatable bonds is 5. The Kier molecular flexibility index (Phi) is 5.62. The van der Waals surface area contributed by atoms with Crippen LogP contribution in [0.3, 0.4) is 0 Å². The lowest BCUT2D eigenvalue weighted by Crippen LogP contribution is -2.33. The van der Waals surface area contributed by atoms with Crippen molar-refractivity contribution >= 4 is 24.5 Å². The quantitative estimate of drug-likeness (QED) is 0.502. The third-order valence-electron chi connectivity index (χ3n) is 4.33. The fourth-order valence-corrected chi connectivity index (χ4v) is 2.92. The van der Waals surface area contributed by atoms with Crippen molar-refractivity contribution < 1.29 is 9.53 Å². The number of anilines is 1. The SMILES string of the molecule is CN=CN=C(Oc1cccnc1N)c1ccn(C2CCN(C=O)CC2)c1. The molecule has 3 heterocycles. The van der Waals surface area contributed by atoms with Gasteiger partial charge in [0.15, 0.2) is 11.6 Å². The van der Waals surface area contributed by atoms with Crippen LogP contribution < -0.4 is 10.5 Å². The van der Waals surface area contributed by atoms with Gasteiger partial charge in [0.2, 0.25) is 12.3 Å². The van der Waals surface area contributed by atoms with Gasteiger partial charge in [-0.1, -0.05) is 0 Å². The summed E-state index contributed by atoms with van der Waals surface area (Å²) in [5.74, 6) is 1.15. The van der Waals surface area contributed by atoms with Crippen LogP contribution in [0.25, 0.3) is 0 Å². The van der Waals surface area contributed by atoms with Gasteiger partial charge in [-0.25, -0.2) is 9.98 Å². The average Bonchev–Trinajstić information content (AvgIpc) is 3.16. The van der Waals surface area contributed by atoms with Gasteiger partial charge >= 0.3 is 0 Å². The molecule has 0 aromatic carbocycles. The van der Waals surface area contributed by atoms with Gasteiger partial charge in [-0.15, -0.1) is 0 Å². The summed E-state index contributed by atoms with van der Waals surface area (Å²) in [5, 5.41) is 0. The lowest BCUT2D eigenvalue weighted by molar-refractivity contribution is -0.119. The number of aliphatic imine (C=N–C) groups is 2. The van der Waals surface area contributed by atoms with Gasteiger partial charge in [0.05, 0.1) is 5.56 Å². The number of pyridine rings is 1. The van der Waals surface area contributed by atoms with Crippen LogP contribution in [0.4, 0.5) is 5.82 Å². The normalized spacial score (nSPS) is 16.2. The summed E-state index contributed by atoms with van der Waals surface area (Å²) in [6.45, 7) is 1.54. The van der Waals surface area contributed by atoms with E-state index in [1.54, 1.807) is 30.3 Å². The van der Waals surface area contributed by atoms with E-state index in [9.17, 15) is 4.79 Å². The third kappa shape index (κ3) is 4.08. The zero-order valence-electron chi connectivity index (χ0n) is 14.7. The summed E-state index contributed by atoms with van der Waals surface area (Å²) < 4.78 is 8.02. The Hall–Kier alpha value is -3.16. The predicted molar refractivity (Wildman–Crippen MR) is 101 cm³/mol. The van der Waals surface area contributed by atoms with Crippen molar-refractivity contribution in [1.82, 2.24) is 14.5 Å². The van der Waals surface area contributed by atoms with Crippen LogP contribution in [0.15, 0.2) is 46.8 Å². The Bertz CT molecular complexity index is 806. The zero-order chi connectivity index (χ0) is 18.4. The first-order valence-electron chi connectivity index (χ1n) is 8.45. The standard InChI is InChI=1S/C18H22N6O2/c1-20-12-22-18(26-16-3-2-7-21-17(16)19)14-4-10-24(11-14)15-5-8-23(13-25)9-6-15/h2-4,7,10-13,15H,5-6,8-9H2,1H3,(H2,19,21). The number of carbonyl (C=O) groups is 1. The highest BCUT2D eigenvalue weighted by atomic mass is 16.5.